The van der Waals surface area contributed by atoms with E-state index in [1.54, 1.807) is 6.08 Å². The van der Waals surface area contributed by atoms with Crippen molar-refractivity contribution in [2.45, 2.75) is 62.6 Å². The van der Waals surface area contributed by atoms with Gasteiger partial charge in [-0.1, -0.05) is 12.2 Å². The van der Waals surface area contributed by atoms with Gasteiger partial charge in [0.25, 0.3) is 5.69 Å². The first-order chi connectivity index (χ1) is 17.7. The van der Waals surface area contributed by atoms with Crippen molar-refractivity contribution in [2.24, 2.45) is 5.92 Å². The van der Waals surface area contributed by atoms with E-state index < -0.39 is 44.3 Å². The first kappa shape index (κ1) is 28.7. The number of esters is 2. The number of unbranched alkanes of at least 4 members (excludes halogenated alkanes) is 1. The van der Waals surface area contributed by atoms with Crippen LogP contribution >= 0.6 is 0 Å². The van der Waals surface area contributed by atoms with E-state index in [1.807, 2.05) is 6.08 Å². The van der Waals surface area contributed by atoms with E-state index in [1.165, 1.54) is 31.4 Å². The third-order valence-electron chi connectivity index (χ3n) is 6.51. The maximum Gasteiger partial charge on any atom is 0.338 e. The van der Waals surface area contributed by atoms with E-state index in [4.69, 9.17) is 14.2 Å². The van der Waals surface area contributed by atoms with Crippen molar-refractivity contribution in [3.05, 3.63) is 52.1 Å². The number of nitrogens with zero attached hydrogens (tertiary/aromatic N) is 1. The molecular weight excluding hydrogens is 506 g/mol. The number of nitro benzene ring substituents is 1. The van der Waals surface area contributed by atoms with E-state index >= 15 is 0 Å². The Morgan fingerprint density at radius 3 is 2.59 bits per heavy atom. The van der Waals surface area contributed by atoms with Crippen LogP contribution in [0.3, 0.4) is 0 Å². The summed E-state index contributed by atoms with van der Waals surface area (Å²) < 4.78 is 47.9. The molecule has 0 radical (unpaired) electrons. The van der Waals surface area contributed by atoms with Crippen LogP contribution in [0.2, 0.25) is 0 Å². The number of carbonyl (C=O) groups is 2. The highest BCUT2D eigenvalue weighted by molar-refractivity contribution is 7.92. The van der Waals surface area contributed by atoms with Gasteiger partial charge in [0.05, 0.1) is 41.3 Å². The standard InChI is InChI=1S/C25H33NO10S/c1-33-23(27)9-5-3-2-4-8-22-20(16-35-25(28)18-11-13-19(14-12-18)26(29)30)21(17-37(22,31)32)36-24-10-6-7-15-34-24/h2,4,11-14,20-22,24H,3,5-10,15-17H2,1H3/t20-,21?,22-,24?/m0/s1. The van der Waals surface area contributed by atoms with E-state index in [2.05, 4.69) is 4.74 Å². The SMILES string of the molecule is COC(=O)CCCC=CC[C@H]1[C@@H](COC(=O)c2ccc([N+](=O)[O-])cc2)C(OC2CCCCO2)CS1(=O)=O. The zero-order valence-corrected chi connectivity index (χ0v) is 21.6. The van der Waals surface area contributed by atoms with Crippen LogP contribution in [0, 0.1) is 16.0 Å². The Kier molecular flexibility index (Phi) is 10.6. The average molecular weight is 540 g/mol. The molecule has 0 amide bonds. The Balaban J connectivity index is 1.67. The van der Waals surface area contributed by atoms with Crippen molar-refractivity contribution in [3.8, 4) is 0 Å². The summed E-state index contributed by atoms with van der Waals surface area (Å²) in [4.78, 5) is 34.1. The van der Waals surface area contributed by atoms with Crippen molar-refractivity contribution in [3.63, 3.8) is 0 Å². The molecular formula is C25H33NO10S. The van der Waals surface area contributed by atoms with Gasteiger partial charge in [-0.3, -0.25) is 14.9 Å². The summed E-state index contributed by atoms with van der Waals surface area (Å²) in [6, 6.07) is 5.00. The van der Waals surface area contributed by atoms with Crippen molar-refractivity contribution >= 4 is 27.5 Å². The summed E-state index contributed by atoms with van der Waals surface area (Å²) in [6.45, 7) is 0.356. The van der Waals surface area contributed by atoms with Crippen molar-refractivity contribution in [2.75, 3.05) is 26.1 Å². The summed E-state index contributed by atoms with van der Waals surface area (Å²) in [5, 5.41) is 10.0. The van der Waals surface area contributed by atoms with E-state index in [0.717, 1.165) is 12.8 Å². The molecule has 0 spiro atoms. The Labute approximate surface area is 216 Å². The Morgan fingerprint density at radius 1 is 1.19 bits per heavy atom. The normalized spacial score (nSPS) is 25.1. The lowest BCUT2D eigenvalue weighted by Crippen LogP contribution is -2.36. The van der Waals surface area contributed by atoms with Crippen LogP contribution in [0.4, 0.5) is 5.69 Å². The number of carbonyl (C=O) groups excluding carboxylic acids is 2. The lowest BCUT2D eigenvalue weighted by atomic mass is 9.97. The van der Waals surface area contributed by atoms with Crippen molar-refractivity contribution in [1.82, 2.24) is 0 Å². The van der Waals surface area contributed by atoms with Crippen LogP contribution in [-0.4, -0.2) is 69.0 Å². The van der Waals surface area contributed by atoms with Gasteiger partial charge in [-0.15, -0.1) is 0 Å². The molecule has 4 atom stereocenters. The second kappa shape index (κ2) is 13.6. The van der Waals surface area contributed by atoms with Crippen LogP contribution in [0.25, 0.3) is 0 Å². The maximum absolute atomic E-state index is 13.1. The van der Waals surface area contributed by atoms with E-state index in [9.17, 15) is 28.1 Å². The second-order valence-corrected chi connectivity index (χ2v) is 11.3. The van der Waals surface area contributed by atoms with Gasteiger partial charge in [-0.2, -0.15) is 0 Å². The first-order valence-electron chi connectivity index (χ1n) is 12.3. The number of ether oxygens (including phenoxy) is 4. The Bertz CT molecular complexity index is 1060. The minimum atomic E-state index is -3.55. The van der Waals surface area contributed by atoms with Crippen LogP contribution < -0.4 is 0 Å². The summed E-state index contributed by atoms with van der Waals surface area (Å²) in [6.07, 6.45) is 6.57. The highest BCUT2D eigenvalue weighted by Gasteiger charge is 2.48. The number of rotatable bonds is 12. The largest absolute Gasteiger partial charge is 0.469 e. The smallest absolute Gasteiger partial charge is 0.338 e. The van der Waals surface area contributed by atoms with Crippen LogP contribution in [-0.2, 0) is 33.6 Å². The number of hydrogen-bond acceptors (Lipinski definition) is 10. The number of methoxy groups -OCH3 is 1. The molecule has 2 aliphatic rings. The highest BCUT2D eigenvalue weighted by atomic mass is 32.2. The molecule has 37 heavy (non-hydrogen) atoms. The Hall–Kier alpha value is -2.83. The fraction of sp³-hybridized carbons (Fsp3) is 0.600. The van der Waals surface area contributed by atoms with E-state index in [0.29, 0.717) is 25.9 Å². The summed E-state index contributed by atoms with van der Waals surface area (Å²) in [5.74, 6) is -1.82. The monoisotopic (exact) mass is 539 g/mol. The fourth-order valence-electron chi connectivity index (χ4n) is 4.46. The van der Waals surface area contributed by atoms with Gasteiger partial charge in [0, 0.05) is 31.1 Å². The molecule has 2 saturated heterocycles. The van der Waals surface area contributed by atoms with Gasteiger partial charge in [0.15, 0.2) is 16.1 Å². The lowest BCUT2D eigenvalue weighted by Gasteiger charge is -2.29. The molecule has 2 fully saturated rings. The molecule has 0 bridgehead atoms. The molecule has 11 nitrogen and oxygen atoms in total. The summed E-state index contributed by atoms with van der Waals surface area (Å²) in [5.41, 5.74) is -0.0283. The van der Waals surface area contributed by atoms with Crippen LogP contribution in [0.5, 0.6) is 0 Å². The number of allylic oxidation sites excluding steroid dienone is 2. The van der Waals surface area contributed by atoms with Crippen LogP contribution in [0.15, 0.2) is 36.4 Å². The quantitative estimate of drug-likeness (QED) is 0.127. The highest BCUT2D eigenvalue weighted by Crippen LogP contribution is 2.34. The van der Waals surface area contributed by atoms with Crippen molar-refractivity contribution < 1.29 is 41.9 Å². The second-order valence-electron chi connectivity index (χ2n) is 9.08. The summed E-state index contributed by atoms with van der Waals surface area (Å²) in [7, 11) is -2.22. The molecule has 12 heteroatoms. The van der Waals surface area contributed by atoms with Crippen LogP contribution in [0.1, 0.15) is 55.3 Å². The topological polar surface area (TPSA) is 148 Å². The molecule has 2 unspecified atom stereocenters. The molecule has 0 aromatic heterocycles. The van der Waals surface area contributed by atoms with Gasteiger partial charge >= 0.3 is 11.9 Å². The zero-order chi connectivity index (χ0) is 26.8. The molecule has 3 rings (SSSR count). The number of hydrogen-bond donors (Lipinski definition) is 0. The molecule has 2 heterocycles. The zero-order valence-electron chi connectivity index (χ0n) is 20.8. The number of non-ortho nitro benzene ring substituents is 1. The molecule has 0 saturated carbocycles. The number of nitro groups is 1. The number of sulfone groups is 1. The van der Waals surface area contributed by atoms with Gasteiger partial charge in [0.1, 0.15) is 0 Å². The molecule has 0 aliphatic carbocycles. The predicted octanol–water partition coefficient (Wildman–Crippen LogP) is 3.37. The maximum atomic E-state index is 13.1. The molecule has 1 aromatic rings. The third-order valence-corrected chi connectivity index (χ3v) is 8.77. The van der Waals surface area contributed by atoms with E-state index in [-0.39, 0.29) is 42.4 Å². The molecule has 2 aliphatic heterocycles. The predicted molar refractivity (Wildman–Crippen MR) is 133 cm³/mol. The van der Waals surface area contributed by atoms with Crippen molar-refractivity contribution in [1.29, 1.82) is 0 Å². The lowest BCUT2D eigenvalue weighted by molar-refractivity contribution is -0.384. The minimum Gasteiger partial charge on any atom is -0.469 e. The molecule has 204 valence electrons. The third kappa shape index (κ3) is 8.34. The number of benzene rings is 1. The minimum absolute atomic E-state index is 0.126. The van der Waals surface area contributed by atoms with Gasteiger partial charge in [0.2, 0.25) is 0 Å². The molecule has 0 N–H and O–H groups in total. The molecule has 1 aromatic carbocycles. The first-order valence-corrected chi connectivity index (χ1v) is 14.0. The van der Waals surface area contributed by atoms with Gasteiger partial charge in [-0.05, 0) is 50.7 Å². The Morgan fingerprint density at radius 2 is 1.95 bits per heavy atom. The van der Waals surface area contributed by atoms with Gasteiger partial charge < -0.3 is 18.9 Å². The average Bonchev–Trinajstić information content (AvgIpc) is 3.12. The summed E-state index contributed by atoms with van der Waals surface area (Å²) >= 11 is 0. The van der Waals surface area contributed by atoms with Gasteiger partial charge in [-0.25, -0.2) is 13.2 Å². The fourth-order valence-corrected chi connectivity index (χ4v) is 6.68.